The van der Waals surface area contributed by atoms with E-state index in [1.807, 2.05) is 0 Å². The first-order valence-corrected chi connectivity index (χ1v) is 10.2. The number of carbonyl (C=O) groups excluding carboxylic acids is 1. The predicted molar refractivity (Wildman–Crippen MR) is 118 cm³/mol. The van der Waals surface area contributed by atoms with Crippen LogP contribution in [-0.2, 0) is 22.3 Å². The first-order chi connectivity index (χ1) is 16.7. The van der Waals surface area contributed by atoms with Gasteiger partial charge in [-0.25, -0.2) is 9.18 Å². The van der Waals surface area contributed by atoms with Crippen LogP contribution >= 0.6 is 0 Å². The van der Waals surface area contributed by atoms with E-state index < -0.39 is 23.5 Å². The molecule has 10 heteroatoms. The number of benzene rings is 3. The molecule has 0 radical (unpaired) electrons. The normalized spacial score (nSPS) is 11.5. The van der Waals surface area contributed by atoms with Gasteiger partial charge in [-0.05, 0) is 53.1 Å². The summed E-state index contributed by atoms with van der Waals surface area (Å²) in [4.78, 5) is 15.8. The molecule has 0 aliphatic carbocycles. The minimum Gasteiger partial charge on any atom is -0.465 e. The molecule has 1 aromatic heterocycles. The summed E-state index contributed by atoms with van der Waals surface area (Å²) in [5.41, 5.74) is 0.555. The third kappa shape index (κ3) is 4.92. The van der Waals surface area contributed by atoms with Crippen LogP contribution in [0.4, 0.5) is 17.6 Å². The zero-order valence-corrected chi connectivity index (χ0v) is 18.5. The van der Waals surface area contributed by atoms with Crippen LogP contribution in [0, 0.1) is 5.82 Å². The van der Waals surface area contributed by atoms with E-state index in [0.29, 0.717) is 16.7 Å². The number of hydrogen-bond donors (Lipinski definition) is 0. The number of nitrogens with zero attached hydrogens (tertiary/aromatic N) is 2. The summed E-state index contributed by atoms with van der Waals surface area (Å²) < 4.78 is 70.0. The molecule has 180 valence electrons. The maximum Gasteiger partial charge on any atom is 0.417 e. The van der Waals surface area contributed by atoms with Crippen LogP contribution in [-0.4, -0.2) is 30.3 Å². The molecular weight excluding hydrogens is 468 g/mol. The average Bonchev–Trinajstić information content (AvgIpc) is 3.34. The van der Waals surface area contributed by atoms with E-state index >= 15 is 0 Å². The minimum atomic E-state index is -4.53. The summed E-state index contributed by atoms with van der Waals surface area (Å²) in [5, 5.41) is 3.85. The van der Waals surface area contributed by atoms with Crippen LogP contribution in [0.5, 0.6) is 0 Å². The Balaban J connectivity index is 1.71. The van der Waals surface area contributed by atoms with Crippen molar-refractivity contribution in [2.24, 2.45) is 0 Å². The molecule has 4 aromatic rings. The molecule has 0 saturated carbocycles. The lowest BCUT2D eigenvalue weighted by atomic mass is 9.94. The molecule has 0 saturated heterocycles. The van der Waals surface area contributed by atoms with Gasteiger partial charge in [0, 0.05) is 18.2 Å². The largest absolute Gasteiger partial charge is 0.465 e. The van der Waals surface area contributed by atoms with E-state index in [2.05, 4.69) is 14.9 Å². The second-order valence-electron chi connectivity index (χ2n) is 7.46. The Morgan fingerprint density at radius 3 is 2.40 bits per heavy atom. The van der Waals surface area contributed by atoms with Gasteiger partial charge in [0.15, 0.2) is 0 Å². The van der Waals surface area contributed by atoms with Crippen molar-refractivity contribution in [1.82, 2.24) is 10.1 Å². The number of carbonyl (C=O) groups is 1. The van der Waals surface area contributed by atoms with Crippen LogP contribution in [0.1, 0.15) is 21.5 Å². The van der Waals surface area contributed by atoms with Crippen LogP contribution in [0.15, 0.2) is 65.2 Å². The van der Waals surface area contributed by atoms with Crippen LogP contribution < -0.4 is 0 Å². The maximum absolute atomic E-state index is 14.3. The Kier molecular flexibility index (Phi) is 6.65. The number of hydrogen-bond acceptors (Lipinski definition) is 6. The predicted octanol–water partition coefficient (Wildman–Crippen LogP) is 6.16. The van der Waals surface area contributed by atoms with Crippen molar-refractivity contribution >= 4 is 5.97 Å². The lowest BCUT2D eigenvalue weighted by Crippen LogP contribution is -2.07. The molecule has 0 fully saturated rings. The van der Waals surface area contributed by atoms with E-state index in [4.69, 9.17) is 9.26 Å². The van der Waals surface area contributed by atoms with E-state index in [1.165, 1.54) is 43.5 Å². The molecular formula is C25H18F4N2O4. The fraction of sp³-hybridized carbons (Fsp3) is 0.160. The third-order valence-electron chi connectivity index (χ3n) is 5.23. The SMILES string of the molecule is COCc1cc(-c2nc(-c3ccc(C(=O)OC)c(F)c3)no2)ccc1-c1ccccc1C(F)(F)F. The minimum absolute atomic E-state index is 0.0194. The van der Waals surface area contributed by atoms with Crippen LogP contribution in [0.25, 0.3) is 34.0 Å². The summed E-state index contributed by atoms with van der Waals surface area (Å²) in [7, 11) is 2.58. The number of methoxy groups -OCH3 is 2. The summed E-state index contributed by atoms with van der Waals surface area (Å²) in [6, 6.07) is 13.7. The first-order valence-electron chi connectivity index (χ1n) is 10.2. The number of ether oxygens (including phenoxy) is 2. The lowest BCUT2D eigenvalue weighted by molar-refractivity contribution is -0.137. The van der Waals surface area contributed by atoms with Crippen molar-refractivity contribution in [2.75, 3.05) is 14.2 Å². The average molecular weight is 486 g/mol. The first kappa shape index (κ1) is 24.1. The molecule has 0 unspecified atom stereocenters. The van der Waals surface area contributed by atoms with Gasteiger partial charge in [-0.2, -0.15) is 18.2 Å². The van der Waals surface area contributed by atoms with E-state index in [9.17, 15) is 22.4 Å². The van der Waals surface area contributed by atoms with Crippen molar-refractivity contribution in [3.05, 3.63) is 83.2 Å². The van der Waals surface area contributed by atoms with Gasteiger partial charge in [0.05, 0.1) is 24.8 Å². The van der Waals surface area contributed by atoms with Gasteiger partial charge in [-0.15, -0.1) is 0 Å². The molecule has 0 atom stereocenters. The maximum atomic E-state index is 14.3. The molecule has 3 aromatic carbocycles. The number of alkyl halides is 3. The van der Waals surface area contributed by atoms with Gasteiger partial charge in [0.1, 0.15) is 5.82 Å². The van der Waals surface area contributed by atoms with Crippen molar-refractivity contribution in [1.29, 1.82) is 0 Å². The number of halogens is 4. The van der Waals surface area contributed by atoms with Gasteiger partial charge >= 0.3 is 12.1 Å². The fourth-order valence-electron chi connectivity index (χ4n) is 3.62. The molecule has 6 nitrogen and oxygen atoms in total. The highest BCUT2D eigenvalue weighted by Crippen LogP contribution is 2.39. The topological polar surface area (TPSA) is 74.5 Å². The van der Waals surface area contributed by atoms with E-state index in [-0.39, 0.29) is 35.0 Å². The van der Waals surface area contributed by atoms with Crippen molar-refractivity contribution < 1.29 is 36.4 Å². The fourth-order valence-corrected chi connectivity index (χ4v) is 3.62. The van der Waals surface area contributed by atoms with Crippen molar-refractivity contribution in [3.63, 3.8) is 0 Å². The molecule has 35 heavy (non-hydrogen) atoms. The zero-order chi connectivity index (χ0) is 25.2. The standard InChI is InChI=1S/C25H18F4N2O4/c1-33-13-16-11-15(8-9-17(16)18-5-3-4-6-20(18)25(27,28)29)23-30-22(31-35-23)14-7-10-19(21(26)12-14)24(32)34-2/h3-12H,13H2,1-2H3. The highest BCUT2D eigenvalue weighted by Gasteiger charge is 2.33. The lowest BCUT2D eigenvalue weighted by Gasteiger charge is -2.16. The smallest absolute Gasteiger partial charge is 0.417 e. The number of esters is 1. The Morgan fingerprint density at radius 1 is 0.971 bits per heavy atom. The molecule has 4 rings (SSSR count). The molecule has 0 aliphatic heterocycles. The summed E-state index contributed by atoms with van der Waals surface area (Å²) in [6.07, 6.45) is -4.53. The van der Waals surface area contributed by atoms with Crippen molar-refractivity contribution in [3.8, 4) is 34.0 Å². The molecule has 0 amide bonds. The summed E-state index contributed by atoms with van der Waals surface area (Å²) >= 11 is 0. The highest BCUT2D eigenvalue weighted by atomic mass is 19.4. The van der Waals surface area contributed by atoms with Crippen molar-refractivity contribution in [2.45, 2.75) is 12.8 Å². The molecule has 0 aliphatic rings. The van der Waals surface area contributed by atoms with Gasteiger partial charge in [0.25, 0.3) is 5.89 Å². The highest BCUT2D eigenvalue weighted by molar-refractivity contribution is 5.90. The van der Waals surface area contributed by atoms with E-state index in [1.54, 1.807) is 12.1 Å². The summed E-state index contributed by atoms with van der Waals surface area (Å²) in [5.74, 6) is -1.49. The summed E-state index contributed by atoms with van der Waals surface area (Å²) in [6.45, 7) is 0.0383. The Bertz CT molecular complexity index is 1380. The molecule has 0 spiro atoms. The monoisotopic (exact) mass is 486 g/mol. The van der Waals surface area contributed by atoms with Gasteiger partial charge in [0.2, 0.25) is 5.82 Å². The Morgan fingerprint density at radius 2 is 1.71 bits per heavy atom. The van der Waals surface area contributed by atoms with Gasteiger partial charge in [-0.3, -0.25) is 0 Å². The Labute approximate surface area is 197 Å². The molecule has 1 heterocycles. The number of aromatic nitrogens is 2. The van der Waals surface area contributed by atoms with Gasteiger partial charge < -0.3 is 14.0 Å². The van der Waals surface area contributed by atoms with Crippen LogP contribution in [0.3, 0.4) is 0 Å². The number of rotatable bonds is 6. The molecule has 0 bridgehead atoms. The second kappa shape index (κ2) is 9.67. The molecule has 0 N–H and O–H groups in total. The second-order valence-corrected chi connectivity index (χ2v) is 7.46. The third-order valence-corrected chi connectivity index (χ3v) is 5.23. The van der Waals surface area contributed by atoms with Crippen LogP contribution in [0.2, 0.25) is 0 Å². The zero-order valence-electron chi connectivity index (χ0n) is 18.5. The van der Waals surface area contributed by atoms with Gasteiger partial charge in [-0.1, -0.05) is 29.4 Å². The quantitative estimate of drug-likeness (QED) is 0.240. The Hall–Kier alpha value is -4.05. The van der Waals surface area contributed by atoms with E-state index in [0.717, 1.165) is 19.2 Å².